The Balaban J connectivity index is 2.20. The van der Waals surface area contributed by atoms with E-state index in [0.717, 1.165) is 25.7 Å². The second kappa shape index (κ2) is 5.45. The maximum Gasteiger partial charge on any atom is 0.282 e. The van der Waals surface area contributed by atoms with Crippen LogP contribution >= 0.6 is 0 Å². The van der Waals surface area contributed by atoms with E-state index in [2.05, 4.69) is 0 Å². The largest absolute Gasteiger partial charge is 0.395 e. The van der Waals surface area contributed by atoms with Crippen LogP contribution in [0.2, 0.25) is 0 Å². The van der Waals surface area contributed by atoms with E-state index >= 15 is 0 Å². The molecule has 0 spiro atoms. The molecule has 5 nitrogen and oxygen atoms in total. The first-order valence-corrected chi connectivity index (χ1v) is 8.27. The van der Waals surface area contributed by atoms with Crippen LogP contribution in [0.25, 0.3) is 0 Å². The highest BCUT2D eigenvalue weighted by Gasteiger charge is 2.42. The van der Waals surface area contributed by atoms with Gasteiger partial charge in [-0.05, 0) is 32.1 Å². The molecule has 2 heterocycles. The Morgan fingerprint density at radius 2 is 1.83 bits per heavy atom. The molecular formula is C12H24N2O3S. The van der Waals surface area contributed by atoms with Gasteiger partial charge >= 0.3 is 0 Å². The Morgan fingerprint density at radius 1 is 1.11 bits per heavy atom. The highest BCUT2D eigenvalue weighted by Crippen LogP contribution is 2.30. The van der Waals surface area contributed by atoms with Crippen molar-refractivity contribution in [2.75, 3.05) is 19.7 Å². The summed E-state index contributed by atoms with van der Waals surface area (Å²) < 4.78 is 28.4. The fourth-order valence-corrected chi connectivity index (χ4v) is 5.22. The van der Waals surface area contributed by atoms with Gasteiger partial charge < -0.3 is 5.11 Å². The van der Waals surface area contributed by atoms with Gasteiger partial charge in [-0.3, -0.25) is 0 Å². The van der Waals surface area contributed by atoms with Gasteiger partial charge in [0.2, 0.25) is 0 Å². The number of rotatable bonds is 3. The zero-order valence-electron chi connectivity index (χ0n) is 11.2. The van der Waals surface area contributed by atoms with Crippen molar-refractivity contribution in [3.63, 3.8) is 0 Å². The Morgan fingerprint density at radius 3 is 2.44 bits per heavy atom. The van der Waals surface area contributed by atoms with Gasteiger partial charge in [0.15, 0.2) is 0 Å². The molecule has 3 unspecified atom stereocenters. The van der Waals surface area contributed by atoms with E-state index in [1.165, 1.54) is 4.31 Å². The molecule has 106 valence electrons. The van der Waals surface area contributed by atoms with E-state index in [9.17, 15) is 13.5 Å². The summed E-state index contributed by atoms with van der Waals surface area (Å²) >= 11 is 0. The summed E-state index contributed by atoms with van der Waals surface area (Å²) in [6.45, 7) is 5.06. The van der Waals surface area contributed by atoms with Crippen LogP contribution in [0.4, 0.5) is 0 Å². The Kier molecular flexibility index (Phi) is 4.31. The fourth-order valence-electron chi connectivity index (χ4n) is 3.08. The summed E-state index contributed by atoms with van der Waals surface area (Å²) in [5.41, 5.74) is 0. The lowest BCUT2D eigenvalue weighted by Crippen LogP contribution is -2.52. The van der Waals surface area contributed by atoms with Gasteiger partial charge in [0.25, 0.3) is 10.2 Å². The maximum atomic E-state index is 12.7. The fraction of sp³-hybridized carbons (Fsp3) is 1.00. The van der Waals surface area contributed by atoms with Crippen LogP contribution in [-0.2, 0) is 10.2 Å². The lowest BCUT2D eigenvalue weighted by atomic mass is 10.0. The van der Waals surface area contributed by atoms with E-state index in [0.29, 0.717) is 13.1 Å². The molecule has 0 saturated carbocycles. The van der Waals surface area contributed by atoms with Crippen LogP contribution in [0, 0.1) is 5.92 Å². The van der Waals surface area contributed by atoms with Gasteiger partial charge in [0, 0.05) is 19.1 Å². The van der Waals surface area contributed by atoms with Crippen molar-refractivity contribution in [2.45, 2.75) is 51.6 Å². The quantitative estimate of drug-likeness (QED) is 0.830. The standard InChI is InChI=1S/C12H24N2O3S/c1-10-6-8-14(12(10)9-15)18(16,17)13-7-4-3-5-11(13)2/h10-12,15H,3-9H2,1-2H3. The minimum atomic E-state index is -3.40. The van der Waals surface area contributed by atoms with Crippen LogP contribution in [0.1, 0.15) is 39.5 Å². The minimum Gasteiger partial charge on any atom is -0.395 e. The average Bonchev–Trinajstić information content (AvgIpc) is 2.71. The topological polar surface area (TPSA) is 60.9 Å². The van der Waals surface area contributed by atoms with Gasteiger partial charge in [-0.25, -0.2) is 0 Å². The zero-order chi connectivity index (χ0) is 13.3. The second-order valence-electron chi connectivity index (χ2n) is 5.59. The number of piperidine rings is 1. The van der Waals surface area contributed by atoms with Crippen LogP contribution in [0.5, 0.6) is 0 Å². The zero-order valence-corrected chi connectivity index (χ0v) is 12.1. The lowest BCUT2D eigenvalue weighted by Gasteiger charge is -2.37. The summed E-state index contributed by atoms with van der Waals surface area (Å²) in [7, 11) is -3.40. The third-order valence-electron chi connectivity index (χ3n) is 4.35. The van der Waals surface area contributed by atoms with Crippen molar-refractivity contribution in [1.82, 2.24) is 8.61 Å². The first-order chi connectivity index (χ1) is 8.48. The van der Waals surface area contributed by atoms with Crippen molar-refractivity contribution in [3.8, 4) is 0 Å². The van der Waals surface area contributed by atoms with Crippen LogP contribution in [0.3, 0.4) is 0 Å². The minimum absolute atomic E-state index is 0.0807. The van der Waals surface area contributed by atoms with Gasteiger partial charge in [0.1, 0.15) is 0 Å². The molecule has 18 heavy (non-hydrogen) atoms. The maximum absolute atomic E-state index is 12.7. The summed E-state index contributed by atoms with van der Waals surface area (Å²) in [5, 5.41) is 9.41. The molecule has 2 fully saturated rings. The van der Waals surface area contributed by atoms with Crippen molar-refractivity contribution in [2.24, 2.45) is 5.92 Å². The smallest absolute Gasteiger partial charge is 0.282 e. The van der Waals surface area contributed by atoms with Gasteiger partial charge in [-0.15, -0.1) is 0 Å². The summed E-state index contributed by atoms with van der Waals surface area (Å²) in [4.78, 5) is 0. The summed E-state index contributed by atoms with van der Waals surface area (Å²) in [6.07, 6.45) is 3.82. The van der Waals surface area contributed by atoms with E-state index in [1.807, 2.05) is 13.8 Å². The number of hydrogen-bond donors (Lipinski definition) is 1. The SMILES string of the molecule is CC1CCN(S(=O)(=O)N2CCCCC2C)C1CO. The van der Waals surface area contributed by atoms with Crippen molar-refractivity contribution in [3.05, 3.63) is 0 Å². The van der Waals surface area contributed by atoms with E-state index in [-0.39, 0.29) is 24.6 Å². The number of aliphatic hydroxyl groups is 1. The summed E-state index contributed by atoms with van der Waals surface area (Å²) in [5.74, 6) is 0.241. The van der Waals surface area contributed by atoms with Gasteiger partial charge in [-0.1, -0.05) is 13.3 Å². The van der Waals surface area contributed by atoms with Crippen molar-refractivity contribution >= 4 is 10.2 Å². The van der Waals surface area contributed by atoms with Crippen LogP contribution in [0.15, 0.2) is 0 Å². The number of hydrogen-bond acceptors (Lipinski definition) is 3. The molecule has 3 atom stereocenters. The molecule has 2 rings (SSSR count). The Labute approximate surface area is 110 Å². The van der Waals surface area contributed by atoms with E-state index in [1.54, 1.807) is 4.31 Å². The first-order valence-electron chi connectivity index (χ1n) is 6.88. The monoisotopic (exact) mass is 276 g/mol. The van der Waals surface area contributed by atoms with Crippen LogP contribution < -0.4 is 0 Å². The molecule has 2 saturated heterocycles. The summed E-state index contributed by atoms with van der Waals surface area (Å²) in [6, 6.07) is -0.164. The molecule has 0 aromatic heterocycles. The molecule has 0 amide bonds. The molecule has 0 bridgehead atoms. The molecular weight excluding hydrogens is 252 g/mol. The molecule has 0 aromatic rings. The molecule has 6 heteroatoms. The van der Waals surface area contributed by atoms with Crippen LogP contribution in [-0.4, -0.2) is 53.9 Å². The Hall–Kier alpha value is -0.170. The molecule has 0 aliphatic carbocycles. The van der Waals surface area contributed by atoms with Gasteiger partial charge in [0.05, 0.1) is 12.6 Å². The van der Waals surface area contributed by atoms with Crippen molar-refractivity contribution in [1.29, 1.82) is 0 Å². The number of nitrogens with zero attached hydrogens (tertiary/aromatic N) is 2. The predicted octanol–water partition coefficient (Wildman–Crippen LogP) is 0.808. The molecule has 2 aliphatic heterocycles. The van der Waals surface area contributed by atoms with E-state index in [4.69, 9.17) is 0 Å². The molecule has 0 radical (unpaired) electrons. The van der Waals surface area contributed by atoms with Crippen molar-refractivity contribution < 1.29 is 13.5 Å². The molecule has 1 N–H and O–H groups in total. The second-order valence-corrected chi connectivity index (χ2v) is 7.42. The third kappa shape index (κ3) is 2.43. The highest BCUT2D eigenvalue weighted by atomic mass is 32.2. The van der Waals surface area contributed by atoms with E-state index < -0.39 is 10.2 Å². The Bertz CT molecular complexity index is 385. The highest BCUT2D eigenvalue weighted by molar-refractivity contribution is 7.86. The normalized spacial score (nSPS) is 36.1. The van der Waals surface area contributed by atoms with Gasteiger partial charge in [-0.2, -0.15) is 17.0 Å². The molecule has 0 aromatic carbocycles. The lowest BCUT2D eigenvalue weighted by molar-refractivity contribution is 0.176. The predicted molar refractivity (Wildman–Crippen MR) is 70.3 cm³/mol. The first kappa shape index (κ1) is 14.2. The third-order valence-corrected chi connectivity index (χ3v) is 6.53. The average molecular weight is 276 g/mol. The number of aliphatic hydroxyl groups excluding tert-OH is 1. The molecule has 2 aliphatic rings.